The maximum Gasteiger partial charge on any atom is 0.0608 e. The average molecular weight is 274 g/mol. The fraction of sp³-hybridized carbons (Fsp3) is 0.538. The van der Waals surface area contributed by atoms with Gasteiger partial charge in [-0.3, -0.25) is 0 Å². The summed E-state index contributed by atoms with van der Waals surface area (Å²) in [5.41, 5.74) is 5.43. The lowest BCUT2D eigenvalue weighted by molar-refractivity contribution is 0.198. The highest BCUT2D eigenvalue weighted by Gasteiger charge is 2.15. The van der Waals surface area contributed by atoms with E-state index in [2.05, 4.69) is 6.07 Å². The van der Waals surface area contributed by atoms with Crippen LogP contribution in [0.4, 0.5) is 0 Å². The quantitative estimate of drug-likeness (QED) is 0.592. The highest BCUT2D eigenvalue weighted by molar-refractivity contribution is 7.99. The molecule has 0 aliphatic carbocycles. The molecule has 96 valence electrons. The fourth-order valence-electron chi connectivity index (χ4n) is 1.46. The van der Waals surface area contributed by atoms with Gasteiger partial charge in [0.05, 0.1) is 6.61 Å². The molecule has 0 aliphatic rings. The third-order valence-corrected chi connectivity index (χ3v) is 3.88. The van der Waals surface area contributed by atoms with Gasteiger partial charge < -0.3 is 10.8 Å². The first-order valence-electron chi connectivity index (χ1n) is 5.82. The molecule has 0 radical (unpaired) electrons. The van der Waals surface area contributed by atoms with Crippen LogP contribution in [0.5, 0.6) is 0 Å². The smallest absolute Gasteiger partial charge is 0.0608 e. The minimum Gasteiger partial charge on any atom is -0.394 e. The molecule has 0 bridgehead atoms. The molecule has 0 aliphatic heterocycles. The topological polar surface area (TPSA) is 46.2 Å². The summed E-state index contributed by atoms with van der Waals surface area (Å²) in [4.78, 5) is 1.20. The number of aliphatic hydroxyl groups excluding tert-OH is 1. The van der Waals surface area contributed by atoms with E-state index in [9.17, 15) is 0 Å². The van der Waals surface area contributed by atoms with Gasteiger partial charge in [0.15, 0.2) is 0 Å². The summed E-state index contributed by atoms with van der Waals surface area (Å²) in [6.07, 6.45) is 3.00. The fourth-order valence-corrected chi connectivity index (χ4v) is 2.68. The van der Waals surface area contributed by atoms with Crippen molar-refractivity contribution >= 4 is 23.4 Å². The molecule has 1 unspecified atom stereocenters. The normalized spacial score (nSPS) is 14.6. The molecule has 1 aromatic rings. The van der Waals surface area contributed by atoms with Crippen molar-refractivity contribution < 1.29 is 5.11 Å². The Labute approximate surface area is 113 Å². The number of halogens is 1. The number of thioether (sulfide) groups is 1. The second kappa shape index (κ2) is 7.27. The summed E-state index contributed by atoms with van der Waals surface area (Å²) < 4.78 is 0. The van der Waals surface area contributed by atoms with Gasteiger partial charge >= 0.3 is 0 Å². The Kier molecular flexibility index (Phi) is 6.34. The Hall–Kier alpha value is -0.220. The van der Waals surface area contributed by atoms with E-state index in [1.807, 2.05) is 25.1 Å². The Balaban J connectivity index is 2.17. The van der Waals surface area contributed by atoms with Gasteiger partial charge in [0.25, 0.3) is 0 Å². The summed E-state index contributed by atoms with van der Waals surface area (Å²) in [7, 11) is 0. The molecule has 0 saturated carbocycles. The summed E-state index contributed by atoms with van der Waals surface area (Å²) in [6, 6.07) is 7.89. The molecule has 1 atom stereocenters. The van der Waals surface area contributed by atoms with E-state index in [4.69, 9.17) is 22.4 Å². The van der Waals surface area contributed by atoms with Crippen molar-refractivity contribution in [3.05, 3.63) is 29.3 Å². The Morgan fingerprint density at radius 1 is 1.41 bits per heavy atom. The predicted octanol–water partition coefficient (Wildman–Crippen LogP) is 3.31. The number of rotatable bonds is 7. The van der Waals surface area contributed by atoms with Crippen LogP contribution in [0.1, 0.15) is 26.2 Å². The molecular weight excluding hydrogens is 254 g/mol. The molecule has 3 N–H and O–H groups in total. The lowest BCUT2D eigenvalue weighted by Crippen LogP contribution is -2.39. The predicted molar refractivity (Wildman–Crippen MR) is 75.7 cm³/mol. The molecule has 17 heavy (non-hydrogen) atoms. The highest BCUT2D eigenvalue weighted by atomic mass is 35.5. The van der Waals surface area contributed by atoms with Crippen molar-refractivity contribution in [3.63, 3.8) is 0 Å². The zero-order valence-electron chi connectivity index (χ0n) is 10.2. The van der Waals surface area contributed by atoms with E-state index in [-0.39, 0.29) is 6.61 Å². The summed E-state index contributed by atoms with van der Waals surface area (Å²) in [5, 5.41) is 9.80. The maximum atomic E-state index is 9.01. The second-order valence-corrected chi connectivity index (χ2v) is 6.18. The lowest BCUT2D eigenvalue weighted by atomic mass is 9.98. The van der Waals surface area contributed by atoms with E-state index in [0.29, 0.717) is 0 Å². The Morgan fingerprint density at radius 2 is 2.18 bits per heavy atom. The largest absolute Gasteiger partial charge is 0.394 e. The zero-order chi connectivity index (χ0) is 12.7. The number of benzene rings is 1. The minimum absolute atomic E-state index is 0.0500. The van der Waals surface area contributed by atoms with E-state index in [1.165, 1.54) is 4.90 Å². The summed E-state index contributed by atoms with van der Waals surface area (Å²) in [5.74, 6) is 1.06. The van der Waals surface area contributed by atoms with Crippen LogP contribution in [0, 0.1) is 0 Å². The van der Waals surface area contributed by atoms with Gasteiger partial charge in [-0.05, 0) is 43.7 Å². The van der Waals surface area contributed by atoms with Crippen molar-refractivity contribution in [2.24, 2.45) is 5.73 Å². The van der Waals surface area contributed by atoms with Gasteiger partial charge in [0, 0.05) is 15.5 Å². The van der Waals surface area contributed by atoms with Crippen molar-refractivity contribution in [1.29, 1.82) is 0 Å². The van der Waals surface area contributed by atoms with Crippen molar-refractivity contribution in [2.45, 2.75) is 36.6 Å². The van der Waals surface area contributed by atoms with Crippen LogP contribution in [0.15, 0.2) is 29.2 Å². The van der Waals surface area contributed by atoms with E-state index in [0.717, 1.165) is 30.0 Å². The molecule has 1 rings (SSSR count). The van der Waals surface area contributed by atoms with Crippen LogP contribution in [0.25, 0.3) is 0 Å². The standard InChI is InChI=1S/C13H20ClNOS/c1-13(15,10-16)7-2-3-8-17-12-6-4-5-11(14)9-12/h4-6,9,16H,2-3,7-8,10,15H2,1H3. The van der Waals surface area contributed by atoms with Crippen molar-refractivity contribution in [3.8, 4) is 0 Å². The van der Waals surface area contributed by atoms with Crippen LogP contribution < -0.4 is 5.73 Å². The Morgan fingerprint density at radius 3 is 2.82 bits per heavy atom. The molecular formula is C13H20ClNOS. The first kappa shape index (κ1) is 14.8. The zero-order valence-corrected chi connectivity index (χ0v) is 11.7. The molecule has 0 amide bonds. The molecule has 0 spiro atoms. The second-order valence-electron chi connectivity index (χ2n) is 4.58. The van der Waals surface area contributed by atoms with E-state index in [1.54, 1.807) is 11.8 Å². The van der Waals surface area contributed by atoms with Crippen LogP contribution in [-0.4, -0.2) is 23.0 Å². The highest BCUT2D eigenvalue weighted by Crippen LogP contribution is 2.23. The van der Waals surface area contributed by atoms with Crippen LogP contribution in [0.2, 0.25) is 5.02 Å². The van der Waals surface area contributed by atoms with Crippen molar-refractivity contribution in [2.75, 3.05) is 12.4 Å². The van der Waals surface area contributed by atoms with Gasteiger partial charge in [0.1, 0.15) is 0 Å². The summed E-state index contributed by atoms with van der Waals surface area (Å²) in [6.45, 7) is 1.94. The van der Waals surface area contributed by atoms with Crippen LogP contribution >= 0.6 is 23.4 Å². The van der Waals surface area contributed by atoms with E-state index < -0.39 is 5.54 Å². The Bertz CT molecular complexity index is 344. The molecule has 0 aromatic heterocycles. The average Bonchev–Trinajstić information content (AvgIpc) is 2.29. The number of hydrogen-bond donors (Lipinski definition) is 2. The number of aliphatic hydroxyl groups is 1. The number of nitrogens with two attached hydrogens (primary N) is 1. The van der Waals surface area contributed by atoms with Crippen molar-refractivity contribution in [1.82, 2.24) is 0 Å². The van der Waals surface area contributed by atoms with Gasteiger partial charge in [-0.25, -0.2) is 0 Å². The van der Waals surface area contributed by atoms with Crippen LogP contribution in [-0.2, 0) is 0 Å². The SMILES string of the molecule is CC(N)(CO)CCCCSc1cccc(Cl)c1. The first-order chi connectivity index (χ1) is 8.03. The van der Waals surface area contributed by atoms with Gasteiger partial charge in [-0.15, -0.1) is 11.8 Å². The molecule has 2 nitrogen and oxygen atoms in total. The molecule has 0 saturated heterocycles. The lowest BCUT2D eigenvalue weighted by Gasteiger charge is -2.21. The third kappa shape index (κ3) is 6.32. The number of hydrogen-bond acceptors (Lipinski definition) is 3. The van der Waals surface area contributed by atoms with E-state index >= 15 is 0 Å². The monoisotopic (exact) mass is 273 g/mol. The molecule has 0 heterocycles. The van der Waals surface area contributed by atoms with Gasteiger partial charge in [-0.1, -0.05) is 24.1 Å². The minimum atomic E-state index is -0.430. The van der Waals surface area contributed by atoms with Gasteiger partial charge in [0.2, 0.25) is 0 Å². The molecule has 1 aromatic carbocycles. The third-order valence-electron chi connectivity index (χ3n) is 2.57. The van der Waals surface area contributed by atoms with Gasteiger partial charge in [-0.2, -0.15) is 0 Å². The maximum absolute atomic E-state index is 9.01. The summed E-state index contributed by atoms with van der Waals surface area (Å²) >= 11 is 7.71. The first-order valence-corrected chi connectivity index (χ1v) is 7.18. The van der Waals surface area contributed by atoms with Crippen LogP contribution in [0.3, 0.4) is 0 Å². The molecule has 4 heteroatoms. The molecule has 0 fully saturated rings. The number of unbranched alkanes of at least 4 members (excludes halogenated alkanes) is 1.